The minimum atomic E-state index is -3.05. The summed E-state index contributed by atoms with van der Waals surface area (Å²) in [6, 6.07) is -0.238. The van der Waals surface area contributed by atoms with E-state index < -0.39 is 9.84 Å². The van der Waals surface area contributed by atoms with Crippen molar-refractivity contribution in [3.63, 3.8) is 0 Å². The normalized spacial score (nSPS) is 18.1. The maximum absolute atomic E-state index is 12.8. The molecule has 8 nitrogen and oxygen atoms in total. The van der Waals surface area contributed by atoms with E-state index in [1.165, 1.54) is 34.9 Å². The van der Waals surface area contributed by atoms with E-state index in [0.29, 0.717) is 28.2 Å². The molecule has 29 heavy (non-hydrogen) atoms. The first-order valence-corrected chi connectivity index (χ1v) is 14.2. The summed E-state index contributed by atoms with van der Waals surface area (Å²) in [5.74, 6) is 0.832. The van der Waals surface area contributed by atoms with Crippen LogP contribution < -0.4 is 5.32 Å². The van der Waals surface area contributed by atoms with Gasteiger partial charge in [-0.15, -0.1) is 10.2 Å². The van der Waals surface area contributed by atoms with Gasteiger partial charge >= 0.3 is 0 Å². The Morgan fingerprint density at radius 2 is 1.90 bits per heavy atom. The molecule has 0 aliphatic carbocycles. The van der Waals surface area contributed by atoms with E-state index in [1.807, 2.05) is 20.8 Å². The summed E-state index contributed by atoms with van der Waals surface area (Å²) >= 11 is 3.98. The van der Waals surface area contributed by atoms with Crippen LogP contribution in [0.3, 0.4) is 0 Å². The van der Waals surface area contributed by atoms with E-state index >= 15 is 0 Å². The van der Waals surface area contributed by atoms with Crippen molar-refractivity contribution in [1.29, 1.82) is 0 Å². The number of hydrogen-bond acceptors (Lipinski definition) is 9. The first-order chi connectivity index (χ1) is 13.7. The molecule has 0 saturated carbocycles. The molecule has 1 unspecified atom stereocenters. The first kappa shape index (κ1) is 24.4. The van der Waals surface area contributed by atoms with Crippen LogP contribution >= 0.6 is 34.9 Å². The van der Waals surface area contributed by atoms with Crippen LogP contribution in [0.4, 0.5) is 0 Å². The number of carbonyl (C=O) groups excluding carboxylic acids is 2. The molecule has 2 amide bonds. The molecule has 1 N–H and O–H groups in total. The van der Waals surface area contributed by atoms with Crippen LogP contribution in [0.15, 0.2) is 8.68 Å². The van der Waals surface area contributed by atoms with Gasteiger partial charge < -0.3 is 10.2 Å². The predicted octanol–water partition coefficient (Wildman–Crippen LogP) is 1.92. The van der Waals surface area contributed by atoms with Crippen molar-refractivity contribution in [1.82, 2.24) is 20.4 Å². The molecule has 0 bridgehead atoms. The number of sulfone groups is 1. The average molecular weight is 481 g/mol. The molecule has 1 fully saturated rings. The van der Waals surface area contributed by atoms with Gasteiger partial charge in [0.1, 0.15) is 0 Å². The van der Waals surface area contributed by atoms with Crippen LogP contribution in [0.1, 0.15) is 33.6 Å². The number of thioether (sulfide) groups is 2. The third kappa shape index (κ3) is 8.42. The summed E-state index contributed by atoms with van der Waals surface area (Å²) in [6.45, 7) is 7.23. The fraction of sp³-hybridized carbons (Fsp3) is 0.765. The van der Waals surface area contributed by atoms with E-state index in [9.17, 15) is 18.0 Å². The Balaban J connectivity index is 1.86. The lowest BCUT2D eigenvalue weighted by Crippen LogP contribution is -2.44. The molecule has 1 atom stereocenters. The van der Waals surface area contributed by atoms with Gasteiger partial charge in [-0.2, -0.15) is 0 Å². The average Bonchev–Trinajstić information content (AvgIpc) is 3.26. The molecular weight excluding hydrogens is 452 g/mol. The van der Waals surface area contributed by atoms with Crippen molar-refractivity contribution in [2.24, 2.45) is 5.92 Å². The SMILES string of the molecule is CCCNC(=O)CSc1nnc(SCC(=O)N(CC(C)C)C2CCS(=O)(=O)C2)s1. The molecular formula is C17H28N4O4S4. The van der Waals surface area contributed by atoms with Crippen molar-refractivity contribution >= 4 is 56.5 Å². The van der Waals surface area contributed by atoms with Gasteiger partial charge in [-0.25, -0.2) is 8.42 Å². The highest BCUT2D eigenvalue weighted by Gasteiger charge is 2.34. The zero-order chi connectivity index (χ0) is 21.4. The zero-order valence-corrected chi connectivity index (χ0v) is 20.2. The Kier molecular flexibility index (Phi) is 9.70. The Morgan fingerprint density at radius 3 is 2.45 bits per heavy atom. The van der Waals surface area contributed by atoms with Crippen LogP contribution in [0.25, 0.3) is 0 Å². The molecule has 164 valence electrons. The van der Waals surface area contributed by atoms with Gasteiger partial charge in [-0.3, -0.25) is 9.59 Å². The Labute approximate surface area is 184 Å². The fourth-order valence-corrected chi connectivity index (χ4v) is 7.30. The second kappa shape index (κ2) is 11.5. The molecule has 1 aliphatic heterocycles. The summed E-state index contributed by atoms with van der Waals surface area (Å²) in [5, 5.41) is 11.0. The van der Waals surface area contributed by atoms with Gasteiger partial charge in [0.25, 0.3) is 0 Å². The number of hydrogen-bond donors (Lipinski definition) is 1. The maximum Gasteiger partial charge on any atom is 0.233 e. The number of rotatable bonds is 11. The van der Waals surface area contributed by atoms with E-state index in [1.54, 1.807) is 4.90 Å². The lowest BCUT2D eigenvalue weighted by Gasteiger charge is -2.29. The number of carbonyl (C=O) groups is 2. The molecule has 12 heteroatoms. The predicted molar refractivity (Wildman–Crippen MR) is 118 cm³/mol. The Morgan fingerprint density at radius 1 is 1.24 bits per heavy atom. The van der Waals surface area contributed by atoms with Crippen LogP contribution in [0, 0.1) is 5.92 Å². The van der Waals surface area contributed by atoms with Crippen LogP contribution in [-0.4, -0.2) is 77.5 Å². The molecule has 1 aliphatic rings. The van der Waals surface area contributed by atoms with Gasteiger partial charge in [0, 0.05) is 19.1 Å². The second-order valence-electron chi connectivity index (χ2n) is 7.26. The molecule has 0 radical (unpaired) electrons. The van der Waals surface area contributed by atoms with Gasteiger partial charge in [0.15, 0.2) is 18.5 Å². The minimum absolute atomic E-state index is 0.0349. The number of amides is 2. The molecule has 0 aromatic carbocycles. The van der Waals surface area contributed by atoms with Gasteiger partial charge in [0.2, 0.25) is 11.8 Å². The summed E-state index contributed by atoms with van der Waals surface area (Å²) in [7, 11) is -3.05. The molecule has 2 heterocycles. The van der Waals surface area contributed by atoms with Crippen LogP contribution in [0.5, 0.6) is 0 Å². The second-order valence-corrected chi connectivity index (χ2v) is 12.9. The summed E-state index contributed by atoms with van der Waals surface area (Å²) in [5.41, 5.74) is 0. The lowest BCUT2D eigenvalue weighted by molar-refractivity contribution is -0.130. The van der Waals surface area contributed by atoms with Gasteiger partial charge in [0.05, 0.1) is 23.0 Å². The number of nitrogens with zero attached hydrogens (tertiary/aromatic N) is 3. The smallest absolute Gasteiger partial charge is 0.233 e. The van der Waals surface area contributed by atoms with Crippen molar-refractivity contribution in [2.45, 2.75) is 48.3 Å². The topological polar surface area (TPSA) is 109 Å². The molecule has 1 aromatic heterocycles. The highest BCUT2D eigenvalue weighted by Crippen LogP contribution is 2.29. The molecule has 2 rings (SSSR count). The third-order valence-electron chi connectivity index (χ3n) is 4.14. The Hall–Kier alpha value is -0.850. The van der Waals surface area contributed by atoms with Crippen molar-refractivity contribution in [2.75, 3.05) is 36.1 Å². The summed E-state index contributed by atoms with van der Waals surface area (Å²) < 4.78 is 25.0. The van der Waals surface area contributed by atoms with Crippen molar-refractivity contribution in [3.8, 4) is 0 Å². The van der Waals surface area contributed by atoms with Crippen molar-refractivity contribution < 1.29 is 18.0 Å². The Bertz CT molecular complexity index is 797. The summed E-state index contributed by atoms with van der Waals surface area (Å²) in [6.07, 6.45) is 1.40. The zero-order valence-electron chi connectivity index (χ0n) is 16.9. The lowest BCUT2D eigenvalue weighted by atomic mass is 10.1. The molecule has 1 aromatic rings. The highest BCUT2D eigenvalue weighted by atomic mass is 32.2. The van der Waals surface area contributed by atoms with E-state index in [-0.39, 0.29) is 46.8 Å². The van der Waals surface area contributed by atoms with Gasteiger partial charge in [-0.05, 0) is 18.8 Å². The van der Waals surface area contributed by atoms with E-state index in [4.69, 9.17) is 0 Å². The maximum atomic E-state index is 12.8. The highest BCUT2D eigenvalue weighted by molar-refractivity contribution is 8.03. The fourth-order valence-electron chi connectivity index (χ4n) is 2.83. The molecule has 0 spiro atoms. The quantitative estimate of drug-likeness (QED) is 0.479. The van der Waals surface area contributed by atoms with Crippen LogP contribution in [-0.2, 0) is 19.4 Å². The number of aromatic nitrogens is 2. The molecule has 1 saturated heterocycles. The monoisotopic (exact) mass is 480 g/mol. The van der Waals surface area contributed by atoms with Gasteiger partial charge in [-0.1, -0.05) is 55.6 Å². The van der Waals surface area contributed by atoms with E-state index in [0.717, 1.165) is 6.42 Å². The first-order valence-electron chi connectivity index (χ1n) is 9.56. The standard InChI is InChI=1S/C17H28N4O4S4/c1-4-6-18-14(22)9-26-16-19-20-17(28-16)27-10-15(23)21(8-12(2)3)13-5-7-29(24,25)11-13/h12-13H,4-11H2,1-3H3,(H,18,22). The van der Waals surface area contributed by atoms with Crippen LogP contribution in [0.2, 0.25) is 0 Å². The van der Waals surface area contributed by atoms with Crippen molar-refractivity contribution in [3.05, 3.63) is 0 Å². The minimum Gasteiger partial charge on any atom is -0.355 e. The van der Waals surface area contributed by atoms with E-state index in [2.05, 4.69) is 15.5 Å². The summed E-state index contributed by atoms with van der Waals surface area (Å²) in [4.78, 5) is 26.2. The third-order valence-corrected chi connectivity index (χ3v) is 9.06. The number of nitrogens with one attached hydrogen (secondary N) is 1. The largest absolute Gasteiger partial charge is 0.355 e.